The second-order valence-electron chi connectivity index (χ2n) is 7.85. The van der Waals surface area contributed by atoms with Gasteiger partial charge in [-0.25, -0.2) is 19.9 Å². The van der Waals surface area contributed by atoms with E-state index in [1.807, 2.05) is 25.4 Å². The maximum Gasteiger partial charge on any atom is 0.275 e. The first-order chi connectivity index (χ1) is 15.5. The third-order valence-electron chi connectivity index (χ3n) is 5.48. The largest absolute Gasteiger partial charge is 0.338 e. The normalized spacial score (nSPS) is 14.6. The molecule has 1 saturated heterocycles. The molecule has 5 rings (SSSR count). The first-order valence-electron chi connectivity index (χ1n) is 10.4. The van der Waals surface area contributed by atoms with Crippen molar-refractivity contribution in [2.75, 3.05) is 43.4 Å². The molecule has 0 atom stereocenters. The third-order valence-corrected chi connectivity index (χ3v) is 5.48. The number of aromatic nitrogens is 6. The average molecular weight is 429 g/mol. The van der Waals surface area contributed by atoms with Crippen LogP contribution >= 0.6 is 0 Å². The highest BCUT2D eigenvalue weighted by molar-refractivity contribution is 6.03. The van der Waals surface area contributed by atoms with Gasteiger partial charge in [0.2, 0.25) is 5.95 Å². The summed E-state index contributed by atoms with van der Waals surface area (Å²) in [6.45, 7) is 3.54. The summed E-state index contributed by atoms with van der Waals surface area (Å²) in [5.74, 6) is 0.649. The zero-order chi connectivity index (χ0) is 22.1. The van der Waals surface area contributed by atoms with Gasteiger partial charge in [0.25, 0.3) is 5.91 Å². The fourth-order valence-electron chi connectivity index (χ4n) is 3.61. The van der Waals surface area contributed by atoms with E-state index in [2.05, 4.69) is 42.2 Å². The molecule has 1 aliphatic heterocycles. The number of hydrogen-bond acceptors (Lipinski definition) is 8. The van der Waals surface area contributed by atoms with Crippen molar-refractivity contribution < 1.29 is 4.79 Å². The van der Waals surface area contributed by atoms with Crippen LogP contribution in [-0.4, -0.2) is 73.8 Å². The number of carbonyl (C=O) groups is 1. The number of hydrogen-bond donors (Lipinski definition) is 1. The molecule has 0 aromatic carbocycles. The second kappa shape index (κ2) is 8.31. The van der Waals surface area contributed by atoms with Crippen LogP contribution in [0.15, 0.2) is 49.1 Å². The van der Waals surface area contributed by atoms with Gasteiger partial charge in [0.1, 0.15) is 11.5 Å². The van der Waals surface area contributed by atoms with Gasteiger partial charge in [0.15, 0.2) is 0 Å². The number of fused-ring (bicyclic) bond motifs is 1. The lowest BCUT2D eigenvalue weighted by molar-refractivity contribution is 0.102. The minimum Gasteiger partial charge on any atom is -0.338 e. The topological polar surface area (TPSA) is 105 Å². The molecular weight excluding hydrogens is 406 g/mol. The Morgan fingerprint density at radius 1 is 1.00 bits per heavy atom. The van der Waals surface area contributed by atoms with Gasteiger partial charge >= 0.3 is 0 Å². The smallest absolute Gasteiger partial charge is 0.275 e. The average Bonchev–Trinajstić information content (AvgIpc) is 3.25. The van der Waals surface area contributed by atoms with Crippen LogP contribution in [0.1, 0.15) is 10.5 Å². The van der Waals surface area contributed by atoms with Crippen molar-refractivity contribution in [3.05, 3.63) is 54.7 Å². The van der Waals surface area contributed by atoms with E-state index in [1.165, 1.54) is 0 Å². The van der Waals surface area contributed by atoms with Crippen molar-refractivity contribution >= 4 is 28.6 Å². The summed E-state index contributed by atoms with van der Waals surface area (Å²) >= 11 is 0. The van der Waals surface area contributed by atoms with E-state index in [0.29, 0.717) is 17.5 Å². The lowest BCUT2D eigenvalue weighted by Gasteiger charge is -2.32. The Morgan fingerprint density at radius 2 is 1.84 bits per heavy atom. The van der Waals surface area contributed by atoms with E-state index in [4.69, 9.17) is 4.98 Å². The number of nitrogens with one attached hydrogen (secondary N) is 1. The van der Waals surface area contributed by atoms with Crippen molar-refractivity contribution in [1.29, 1.82) is 0 Å². The van der Waals surface area contributed by atoms with Crippen LogP contribution in [0.3, 0.4) is 0 Å². The number of carbonyl (C=O) groups excluding carboxylic acids is 1. The molecule has 1 N–H and O–H groups in total. The number of anilines is 2. The fraction of sp³-hybridized carbons (Fsp3) is 0.273. The first-order valence-corrected chi connectivity index (χ1v) is 10.4. The summed E-state index contributed by atoms with van der Waals surface area (Å²) < 4.78 is 1.73. The molecule has 1 fully saturated rings. The van der Waals surface area contributed by atoms with E-state index < -0.39 is 0 Å². The first kappa shape index (κ1) is 20.0. The van der Waals surface area contributed by atoms with Crippen molar-refractivity contribution in [3.8, 4) is 11.3 Å². The van der Waals surface area contributed by atoms with E-state index in [1.54, 1.807) is 35.4 Å². The van der Waals surface area contributed by atoms with Crippen molar-refractivity contribution in [1.82, 2.24) is 34.6 Å². The summed E-state index contributed by atoms with van der Waals surface area (Å²) in [7, 11) is 3.96. The number of rotatable bonds is 4. The van der Waals surface area contributed by atoms with Crippen molar-refractivity contribution in [2.24, 2.45) is 7.05 Å². The Morgan fingerprint density at radius 3 is 2.62 bits per heavy atom. The van der Waals surface area contributed by atoms with E-state index in [-0.39, 0.29) is 5.91 Å². The molecule has 0 aliphatic carbocycles. The highest BCUT2D eigenvalue weighted by atomic mass is 16.1. The van der Waals surface area contributed by atoms with Crippen LogP contribution in [0.4, 0.5) is 11.8 Å². The Kier molecular flexibility index (Phi) is 5.20. The van der Waals surface area contributed by atoms with Gasteiger partial charge in [0, 0.05) is 68.8 Å². The van der Waals surface area contributed by atoms with Gasteiger partial charge in [-0.05, 0) is 25.2 Å². The molecule has 0 saturated carbocycles. The maximum absolute atomic E-state index is 12.8. The summed E-state index contributed by atoms with van der Waals surface area (Å²) in [5, 5.41) is 7.91. The lowest BCUT2D eigenvalue weighted by atomic mass is 10.2. The SMILES string of the molecule is CN1CCN(c2nccc(C(=O)Nc3cc4nc(-c5cnn(C)c5)ccc4cn3)n2)CC1. The number of aryl methyl sites for hydroxylation is 1. The van der Waals surface area contributed by atoms with Gasteiger partial charge in [-0.1, -0.05) is 0 Å². The van der Waals surface area contributed by atoms with Gasteiger partial charge in [-0.3, -0.25) is 9.48 Å². The predicted molar refractivity (Wildman–Crippen MR) is 121 cm³/mol. The monoisotopic (exact) mass is 429 g/mol. The van der Waals surface area contributed by atoms with E-state index >= 15 is 0 Å². The highest BCUT2D eigenvalue weighted by Gasteiger charge is 2.18. The minimum absolute atomic E-state index is 0.299. The Bertz CT molecular complexity index is 1280. The molecule has 0 radical (unpaired) electrons. The molecule has 4 aromatic heterocycles. The Balaban J connectivity index is 1.36. The lowest BCUT2D eigenvalue weighted by Crippen LogP contribution is -2.45. The van der Waals surface area contributed by atoms with Gasteiger partial charge in [-0.15, -0.1) is 0 Å². The zero-order valence-corrected chi connectivity index (χ0v) is 17.9. The van der Waals surface area contributed by atoms with Crippen molar-refractivity contribution in [3.63, 3.8) is 0 Å². The van der Waals surface area contributed by atoms with Crippen LogP contribution in [-0.2, 0) is 7.05 Å². The number of amides is 1. The Labute approximate surface area is 184 Å². The molecule has 10 heteroatoms. The molecule has 1 aliphatic rings. The van der Waals surface area contributed by atoms with Crippen LogP contribution in [0, 0.1) is 0 Å². The molecule has 162 valence electrons. The maximum atomic E-state index is 12.8. The predicted octanol–water partition coefficient (Wildman–Crippen LogP) is 1.82. The van der Waals surface area contributed by atoms with Gasteiger partial charge in [-0.2, -0.15) is 5.10 Å². The van der Waals surface area contributed by atoms with Gasteiger partial charge < -0.3 is 15.1 Å². The quantitative estimate of drug-likeness (QED) is 0.524. The van der Waals surface area contributed by atoms with Crippen LogP contribution < -0.4 is 10.2 Å². The summed E-state index contributed by atoms with van der Waals surface area (Å²) in [4.78, 5) is 35.0. The summed E-state index contributed by atoms with van der Waals surface area (Å²) in [6, 6.07) is 7.25. The second-order valence-corrected chi connectivity index (χ2v) is 7.85. The van der Waals surface area contributed by atoms with Crippen molar-refractivity contribution in [2.45, 2.75) is 0 Å². The number of nitrogens with zero attached hydrogens (tertiary/aromatic N) is 8. The van der Waals surface area contributed by atoms with Crippen LogP contribution in [0.25, 0.3) is 22.2 Å². The van der Waals surface area contributed by atoms with Gasteiger partial charge in [0.05, 0.1) is 17.4 Å². The Hall–Kier alpha value is -3.92. The van der Waals surface area contributed by atoms with E-state index in [9.17, 15) is 4.79 Å². The molecule has 4 aromatic rings. The standard InChI is InChI=1S/C22H23N9O/c1-29-7-9-31(10-8-29)22-23-6-5-18(27-22)21(32)28-20-11-19-15(12-24-20)3-4-17(26-19)16-13-25-30(2)14-16/h3-6,11-14H,7-10H2,1-2H3,(H,24,28,32). The molecule has 1 amide bonds. The molecule has 5 heterocycles. The molecule has 10 nitrogen and oxygen atoms in total. The molecule has 0 spiro atoms. The molecular formula is C22H23N9O. The number of piperazine rings is 1. The van der Waals surface area contributed by atoms with E-state index in [0.717, 1.165) is 48.3 Å². The number of likely N-dealkylation sites (N-methyl/N-ethyl adjacent to an activating group) is 1. The number of pyridine rings is 2. The summed E-state index contributed by atoms with van der Waals surface area (Å²) in [5.41, 5.74) is 2.77. The molecule has 32 heavy (non-hydrogen) atoms. The fourth-order valence-corrected chi connectivity index (χ4v) is 3.61. The third kappa shape index (κ3) is 4.12. The molecule has 0 bridgehead atoms. The minimum atomic E-state index is -0.335. The van der Waals surface area contributed by atoms with Crippen LogP contribution in [0.2, 0.25) is 0 Å². The molecule has 0 unspecified atom stereocenters. The summed E-state index contributed by atoms with van der Waals surface area (Å²) in [6.07, 6.45) is 6.99. The highest BCUT2D eigenvalue weighted by Crippen LogP contribution is 2.22. The zero-order valence-electron chi connectivity index (χ0n) is 17.9. The van der Waals surface area contributed by atoms with Crippen LogP contribution in [0.5, 0.6) is 0 Å².